The predicted octanol–water partition coefficient (Wildman–Crippen LogP) is 2.33. The summed E-state index contributed by atoms with van der Waals surface area (Å²) < 4.78 is 11.0. The fourth-order valence-electron chi connectivity index (χ4n) is 2.81. The lowest BCUT2D eigenvalue weighted by Gasteiger charge is -2.29. The molecule has 1 aliphatic rings. The van der Waals surface area contributed by atoms with Gasteiger partial charge in [-0.2, -0.15) is 0 Å². The fraction of sp³-hybridized carbons (Fsp3) is 0.312. The first-order chi connectivity index (χ1) is 9.85. The number of fused-ring (bicyclic) bond motifs is 1. The van der Waals surface area contributed by atoms with Crippen LogP contribution in [0.5, 0.6) is 11.5 Å². The minimum Gasteiger partial charge on any atom is -0.496 e. The molecule has 4 nitrogen and oxygen atoms in total. The Balaban J connectivity index is 2.16. The molecule has 1 unspecified atom stereocenters. The van der Waals surface area contributed by atoms with E-state index in [2.05, 4.69) is 10.3 Å². The number of aromatic nitrogens is 1. The lowest BCUT2D eigenvalue weighted by molar-refractivity contribution is 0.381. The second-order valence-corrected chi connectivity index (χ2v) is 4.75. The van der Waals surface area contributed by atoms with E-state index in [-0.39, 0.29) is 6.04 Å². The summed E-state index contributed by atoms with van der Waals surface area (Å²) in [5.41, 5.74) is 3.35. The van der Waals surface area contributed by atoms with Crippen LogP contribution in [0.15, 0.2) is 36.5 Å². The van der Waals surface area contributed by atoms with Crippen molar-refractivity contribution < 1.29 is 9.47 Å². The number of ether oxygens (including phenoxy) is 2. The van der Waals surface area contributed by atoms with Crippen LogP contribution in [-0.4, -0.2) is 25.7 Å². The Bertz CT molecular complexity index is 599. The Kier molecular flexibility index (Phi) is 3.56. The van der Waals surface area contributed by atoms with Crippen LogP contribution in [0.1, 0.15) is 22.9 Å². The number of benzene rings is 1. The number of pyridine rings is 1. The molecule has 1 N–H and O–H groups in total. The summed E-state index contributed by atoms with van der Waals surface area (Å²) in [6, 6.07) is 9.94. The van der Waals surface area contributed by atoms with E-state index in [1.54, 1.807) is 14.2 Å². The van der Waals surface area contributed by atoms with Crippen LogP contribution in [0.3, 0.4) is 0 Å². The van der Waals surface area contributed by atoms with E-state index >= 15 is 0 Å². The average Bonchev–Trinajstić information content (AvgIpc) is 2.54. The normalized spacial score (nSPS) is 17.4. The van der Waals surface area contributed by atoms with Crippen LogP contribution in [0.25, 0.3) is 0 Å². The maximum atomic E-state index is 5.54. The van der Waals surface area contributed by atoms with Crippen LogP contribution in [-0.2, 0) is 6.42 Å². The highest BCUT2D eigenvalue weighted by molar-refractivity contribution is 5.53. The minimum absolute atomic E-state index is 0.0463. The van der Waals surface area contributed by atoms with Crippen LogP contribution in [0, 0.1) is 0 Å². The average molecular weight is 270 g/mol. The second-order valence-electron chi connectivity index (χ2n) is 4.75. The molecule has 0 aliphatic carbocycles. The first-order valence-electron chi connectivity index (χ1n) is 6.73. The predicted molar refractivity (Wildman–Crippen MR) is 77.3 cm³/mol. The molecular weight excluding hydrogens is 252 g/mol. The number of nitrogens with zero attached hydrogens (tertiary/aromatic N) is 1. The van der Waals surface area contributed by atoms with Crippen LogP contribution >= 0.6 is 0 Å². The van der Waals surface area contributed by atoms with Crippen molar-refractivity contribution in [3.05, 3.63) is 53.3 Å². The third-order valence-corrected chi connectivity index (χ3v) is 3.71. The molecule has 20 heavy (non-hydrogen) atoms. The molecule has 0 saturated carbocycles. The molecule has 1 aliphatic heterocycles. The topological polar surface area (TPSA) is 43.4 Å². The van der Waals surface area contributed by atoms with E-state index in [0.717, 1.165) is 35.7 Å². The van der Waals surface area contributed by atoms with Crippen molar-refractivity contribution in [3.8, 4) is 11.5 Å². The Morgan fingerprint density at radius 1 is 1.10 bits per heavy atom. The summed E-state index contributed by atoms with van der Waals surface area (Å²) in [5.74, 6) is 1.80. The van der Waals surface area contributed by atoms with Gasteiger partial charge in [-0.05, 0) is 30.7 Å². The third kappa shape index (κ3) is 2.12. The van der Waals surface area contributed by atoms with Crippen molar-refractivity contribution in [2.24, 2.45) is 0 Å². The Labute approximate surface area is 118 Å². The molecule has 4 heteroatoms. The van der Waals surface area contributed by atoms with Crippen molar-refractivity contribution >= 4 is 0 Å². The Morgan fingerprint density at radius 3 is 2.60 bits per heavy atom. The first kappa shape index (κ1) is 12.9. The largest absolute Gasteiger partial charge is 0.496 e. The van der Waals surface area contributed by atoms with E-state index in [1.807, 2.05) is 36.5 Å². The van der Waals surface area contributed by atoms with Crippen molar-refractivity contribution in [2.75, 3.05) is 20.8 Å². The van der Waals surface area contributed by atoms with Gasteiger partial charge in [0, 0.05) is 23.9 Å². The summed E-state index contributed by atoms with van der Waals surface area (Å²) >= 11 is 0. The molecule has 0 bridgehead atoms. The quantitative estimate of drug-likeness (QED) is 0.929. The van der Waals surface area contributed by atoms with Crippen molar-refractivity contribution in [2.45, 2.75) is 12.5 Å². The zero-order chi connectivity index (χ0) is 13.9. The molecule has 1 atom stereocenters. The van der Waals surface area contributed by atoms with Gasteiger partial charge in [-0.15, -0.1) is 0 Å². The molecule has 0 fully saturated rings. The first-order valence-corrected chi connectivity index (χ1v) is 6.73. The highest BCUT2D eigenvalue weighted by Crippen LogP contribution is 2.39. The minimum atomic E-state index is 0.0463. The second kappa shape index (κ2) is 5.51. The molecular formula is C16H18N2O2. The van der Waals surface area contributed by atoms with Gasteiger partial charge in [0.2, 0.25) is 0 Å². The van der Waals surface area contributed by atoms with Crippen LogP contribution in [0.4, 0.5) is 0 Å². The van der Waals surface area contributed by atoms with Crippen LogP contribution < -0.4 is 14.8 Å². The van der Waals surface area contributed by atoms with Gasteiger partial charge in [-0.25, -0.2) is 0 Å². The summed E-state index contributed by atoms with van der Waals surface area (Å²) in [4.78, 5) is 4.47. The van der Waals surface area contributed by atoms with Gasteiger partial charge in [0.05, 0.1) is 26.0 Å². The maximum absolute atomic E-state index is 5.54. The van der Waals surface area contributed by atoms with Gasteiger partial charge in [0.15, 0.2) is 0 Å². The van der Waals surface area contributed by atoms with E-state index in [4.69, 9.17) is 9.47 Å². The molecule has 2 aromatic rings. The van der Waals surface area contributed by atoms with Crippen molar-refractivity contribution in [3.63, 3.8) is 0 Å². The van der Waals surface area contributed by atoms with E-state index in [9.17, 15) is 0 Å². The van der Waals surface area contributed by atoms with E-state index in [0.29, 0.717) is 0 Å². The molecule has 1 aromatic carbocycles. The van der Waals surface area contributed by atoms with Gasteiger partial charge in [-0.3, -0.25) is 4.98 Å². The number of hydrogen-bond acceptors (Lipinski definition) is 4. The fourth-order valence-corrected chi connectivity index (χ4v) is 2.81. The standard InChI is InChI=1S/C16H18N2O2/c1-19-13-6-7-14(20-2)15-11(13)8-10-18-16(15)12-5-3-4-9-17-12/h3-7,9,16,18H,8,10H2,1-2H3. The smallest absolute Gasteiger partial charge is 0.124 e. The number of methoxy groups -OCH3 is 2. The van der Waals surface area contributed by atoms with Gasteiger partial charge >= 0.3 is 0 Å². The van der Waals surface area contributed by atoms with E-state index in [1.165, 1.54) is 5.56 Å². The lowest BCUT2D eigenvalue weighted by atomic mass is 9.90. The number of hydrogen-bond donors (Lipinski definition) is 1. The van der Waals surface area contributed by atoms with Gasteiger partial charge in [-0.1, -0.05) is 6.07 Å². The Morgan fingerprint density at radius 2 is 1.90 bits per heavy atom. The third-order valence-electron chi connectivity index (χ3n) is 3.71. The SMILES string of the molecule is COc1ccc(OC)c2c1CCNC2c1ccccn1. The molecule has 104 valence electrons. The monoisotopic (exact) mass is 270 g/mol. The van der Waals surface area contributed by atoms with Gasteiger partial charge < -0.3 is 14.8 Å². The summed E-state index contributed by atoms with van der Waals surface area (Å²) in [7, 11) is 3.41. The highest BCUT2D eigenvalue weighted by atomic mass is 16.5. The van der Waals surface area contributed by atoms with E-state index < -0.39 is 0 Å². The summed E-state index contributed by atoms with van der Waals surface area (Å²) in [5, 5.41) is 3.52. The molecule has 0 radical (unpaired) electrons. The molecule has 0 amide bonds. The summed E-state index contributed by atoms with van der Waals surface area (Å²) in [6.07, 6.45) is 2.75. The maximum Gasteiger partial charge on any atom is 0.124 e. The van der Waals surface area contributed by atoms with Crippen molar-refractivity contribution in [1.82, 2.24) is 10.3 Å². The molecule has 1 aromatic heterocycles. The molecule has 2 heterocycles. The lowest BCUT2D eigenvalue weighted by Crippen LogP contribution is -2.31. The zero-order valence-electron chi connectivity index (χ0n) is 11.7. The summed E-state index contributed by atoms with van der Waals surface area (Å²) in [6.45, 7) is 0.901. The number of rotatable bonds is 3. The number of nitrogens with one attached hydrogen (secondary N) is 1. The molecule has 3 rings (SSSR count). The highest BCUT2D eigenvalue weighted by Gasteiger charge is 2.28. The Hall–Kier alpha value is -2.07. The molecule has 0 spiro atoms. The van der Waals surface area contributed by atoms with Gasteiger partial charge in [0.25, 0.3) is 0 Å². The van der Waals surface area contributed by atoms with Crippen LogP contribution in [0.2, 0.25) is 0 Å². The molecule has 0 saturated heterocycles. The van der Waals surface area contributed by atoms with Crippen molar-refractivity contribution in [1.29, 1.82) is 0 Å². The van der Waals surface area contributed by atoms with Gasteiger partial charge in [0.1, 0.15) is 11.5 Å². The zero-order valence-corrected chi connectivity index (χ0v) is 11.7.